The predicted octanol–water partition coefficient (Wildman–Crippen LogP) is 3.30. The van der Waals surface area contributed by atoms with Crippen LogP contribution in [0.4, 0.5) is 0 Å². The molecule has 24 heavy (non-hydrogen) atoms. The van der Waals surface area contributed by atoms with E-state index < -0.39 is 11.9 Å². The van der Waals surface area contributed by atoms with Crippen LogP contribution >= 0.6 is 11.3 Å². The number of nitrogens with zero attached hydrogens (tertiary/aromatic N) is 2. The van der Waals surface area contributed by atoms with Crippen molar-refractivity contribution in [2.45, 2.75) is 20.3 Å². The Morgan fingerprint density at radius 2 is 1.96 bits per heavy atom. The third-order valence-electron chi connectivity index (χ3n) is 4.34. The Morgan fingerprint density at radius 3 is 2.54 bits per heavy atom. The first-order valence-corrected chi connectivity index (χ1v) is 8.86. The second-order valence-corrected chi connectivity index (χ2v) is 7.48. The number of carboxylic acids is 1. The van der Waals surface area contributed by atoms with Gasteiger partial charge >= 0.3 is 5.97 Å². The fraction of sp³-hybridized carbons (Fsp3) is 0.389. The summed E-state index contributed by atoms with van der Waals surface area (Å²) in [6.07, 6.45) is 0.626. The maximum Gasteiger partial charge on any atom is 0.308 e. The highest BCUT2D eigenvalue weighted by molar-refractivity contribution is 7.09. The summed E-state index contributed by atoms with van der Waals surface area (Å²) in [4.78, 5) is 30.1. The molecule has 2 aromatic rings. The van der Waals surface area contributed by atoms with Crippen LogP contribution < -0.4 is 0 Å². The number of amides is 1. The van der Waals surface area contributed by atoms with Gasteiger partial charge in [-0.15, -0.1) is 11.3 Å². The molecule has 1 N–H and O–H groups in total. The summed E-state index contributed by atoms with van der Waals surface area (Å²) < 4.78 is 0. The van der Waals surface area contributed by atoms with Crippen LogP contribution in [0.5, 0.6) is 0 Å². The molecular weight excluding hydrogens is 324 g/mol. The Hall–Kier alpha value is -2.21. The summed E-state index contributed by atoms with van der Waals surface area (Å²) in [6.45, 7) is 4.84. The molecule has 1 aromatic carbocycles. The molecule has 2 atom stereocenters. The lowest BCUT2D eigenvalue weighted by atomic mass is 9.90. The Bertz CT molecular complexity index is 754. The van der Waals surface area contributed by atoms with Crippen LogP contribution in [0.2, 0.25) is 0 Å². The molecule has 2 heterocycles. The third kappa shape index (κ3) is 3.48. The van der Waals surface area contributed by atoms with Gasteiger partial charge in [-0.1, -0.05) is 19.1 Å². The quantitative estimate of drug-likeness (QED) is 0.927. The molecule has 2 unspecified atom stereocenters. The number of carbonyl (C=O) groups is 2. The molecule has 1 aliphatic rings. The molecule has 126 valence electrons. The number of hydrogen-bond donors (Lipinski definition) is 1. The lowest BCUT2D eigenvalue weighted by Gasteiger charge is -2.34. The van der Waals surface area contributed by atoms with Gasteiger partial charge in [0, 0.05) is 29.6 Å². The highest BCUT2D eigenvalue weighted by Gasteiger charge is 2.32. The third-order valence-corrected chi connectivity index (χ3v) is 5.12. The van der Waals surface area contributed by atoms with Gasteiger partial charge in [0.15, 0.2) is 0 Å². The summed E-state index contributed by atoms with van der Waals surface area (Å²) >= 11 is 1.59. The van der Waals surface area contributed by atoms with Crippen LogP contribution in [-0.2, 0) is 4.79 Å². The van der Waals surface area contributed by atoms with E-state index in [1.165, 1.54) is 0 Å². The minimum atomic E-state index is -0.825. The van der Waals surface area contributed by atoms with Gasteiger partial charge in [-0.3, -0.25) is 9.59 Å². The second-order valence-electron chi connectivity index (χ2n) is 6.42. The SMILES string of the molecule is Cc1nc(-c2ccc(C(=O)N3CC(C)CC(C(=O)O)C3)cc2)cs1. The van der Waals surface area contributed by atoms with Crippen LogP contribution in [0.25, 0.3) is 11.3 Å². The van der Waals surface area contributed by atoms with Gasteiger partial charge in [0.2, 0.25) is 0 Å². The minimum absolute atomic E-state index is 0.103. The average molecular weight is 344 g/mol. The fourth-order valence-corrected chi connectivity index (χ4v) is 3.78. The van der Waals surface area contributed by atoms with E-state index in [1.807, 2.05) is 31.4 Å². The number of carbonyl (C=O) groups excluding carboxylic acids is 1. The zero-order chi connectivity index (χ0) is 17.3. The summed E-state index contributed by atoms with van der Waals surface area (Å²) in [5.74, 6) is -1.21. The summed E-state index contributed by atoms with van der Waals surface area (Å²) in [7, 11) is 0. The van der Waals surface area contributed by atoms with E-state index in [0.717, 1.165) is 16.3 Å². The van der Waals surface area contributed by atoms with Gasteiger partial charge < -0.3 is 10.0 Å². The van der Waals surface area contributed by atoms with Gasteiger partial charge in [-0.05, 0) is 31.4 Å². The topological polar surface area (TPSA) is 70.5 Å². The first kappa shape index (κ1) is 16.6. The number of rotatable bonds is 3. The molecule has 0 radical (unpaired) electrons. The maximum atomic E-state index is 12.7. The van der Waals surface area contributed by atoms with E-state index in [9.17, 15) is 14.7 Å². The van der Waals surface area contributed by atoms with Crippen molar-refractivity contribution in [1.29, 1.82) is 0 Å². The zero-order valence-electron chi connectivity index (χ0n) is 13.7. The lowest BCUT2D eigenvalue weighted by Crippen LogP contribution is -2.45. The van der Waals surface area contributed by atoms with Gasteiger partial charge in [0.1, 0.15) is 0 Å². The van der Waals surface area contributed by atoms with Crippen molar-refractivity contribution in [2.24, 2.45) is 11.8 Å². The van der Waals surface area contributed by atoms with E-state index in [4.69, 9.17) is 0 Å². The Kier molecular flexibility index (Phi) is 4.66. The van der Waals surface area contributed by atoms with Crippen molar-refractivity contribution >= 4 is 23.2 Å². The summed E-state index contributed by atoms with van der Waals surface area (Å²) in [6, 6.07) is 7.37. The molecule has 1 aromatic heterocycles. The van der Waals surface area contributed by atoms with Crippen LogP contribution in [0.1, 0.15) is 28.7 Å². The molecule has 6 heteroatoms. The number of hydrogen-bond acceptors (Lipinski definition) is 4. The number of likely N-dealkylation sites (tertiary alicyclic amines) is 1. The van der Waals surface area contributed by atoms with Crippen LogP contribution in [0, 0.1) is 18.8 Å². The Morgan fingerprint density at radius 1 is 1.25 bits per heavy atom. The molecule has 0 aliphatic carbocycles. The van der Waals surface area contributed by atoms with E-state index in [0.29, 0.717) is 18.5 Å². The summed E-state index contributed by atoms with van der Waals surface area (Å²) in [5.41, 5.74) is 2.48. The maximum absolute atomic E-state index is 12.7. The van der Waals surface area contributed by atoms with Gasteiger partial charge in [-0.25, -0.2) is 4.98 Å². The minimum Gasteiger partial charge on any atom is -0.481 e. The van der Waals surface area contributed by atoms with Crippen molar-refractivity contribution in [3.05, 3.63) is 40.2 Å². The Labute approximate surface area is 145 Å². The molecule has 0 bridgehead atoms. The fourth-order valence-electron chi connectivity index (χ4n) is 3.16. The number of benzene rings is 1. The normalized spacial score (nSPS) is 20.8. The predicted molar refractivity (Wildman–Crippen MR) is 93.1 cm³/mol. The first-order valence-electron chi connectivity index (χ1n) is 7.98. The standard InChI is InChI=1S/C18H20N2O3S/c1-11-7-15(18(22)23)9-20(8-11)17(21)14-5-3-13(4-6-14)16-10-24-12(2)19-16/h3-6,10-11,15H,7-9H2,1-2H3,(H,22,23). The molecule has 5 nitrogen and oxygen atoms in total. The number of aryl methyl sites for hydroxylation is 1. The second kappa shape index (κ2) is 6.73. The van der Waals surface area contributed by atoms with E-state index >= 15 is 0 Å². The van der Waals surface area contributed by atoms with Crippen LogP contribution in [0.15, 0.2) is 29.6 Å². The molecule has 0 saturated carbocycles. The Balaban J connectivity index is 1.76. The molecule has 1 saturated heterocycles. The van der Waals surface area contributed by atoms with E-state index in [2.05, 4.69) is 4.98 Å². The number of aliphatic carboxylic acids is 1. The lowest BCUT2D eigenvalue weighted by molar-refractivity contribution is -0.143. The number of piperidine rings is 1. The molecule has 1 aliphatic heterocycles. The molecular formula is C18H20N2O3S. The van der Waals surface area contributed by atoms with E-state index in [1.54, 1.807) is 28.4 Å². The number of aromatic nitrogens is 1. The highest BCUT2D eigenvalue weighted by Crippen LogP contribution is 2.25. The van der Waals surface area contributed by atoms with E-state index in [-0.39, 0.29) is 18.4 Å². The van der Waals surface area contributed by atoms with Crippen LogP contribution in [0.3, 0.4) is 0 Å². The van der Waals surface area contributed by atoms with Crippen molar-refractivity contribution < 1.29 is 14.7 Å². The van der Waals surface area contributed by atoms with Crippen molar-refractivity contribution in [3.63, 3.8) is 0 Å². The van der Waals surface area contributed by atoms with Crippen molar-refractivity contribution in [1.82, 2.24) is 9.88 Å². The number of thiazole rings is 1. The molecule has 0 spiro atoms. The largest absolute Gasteiger partial charge is 0.481 e. The molecule has 1 fully saturated rings. The van der Waals surface area contributed by atoms with Gasteiger partial charge in [-0.2, -0.15) is 0 Å². The van der Waals surface area contributed by atoms with Gasteiger partial charge in [0.05, 0.1) is 16.6 Å². The van der Waals surface area contributed by atoms with Crippen molar-refractivity contribution in [3.8, 4) is 11.3 Å². The van der Waals surface area contributed by atoms with Crippen molar-refractivity contribution in [2.75, 3.05) is 13.1 Å². The molecule has 1 amide bonds. The van der Waals surface area contributed by atoms with Gasteiger partial charge in [0.25, 0.3) is 5.91 Å². The van der Waals surface area contributed by atoms with Crippen LogP contribution in [-0.4, -0.2) is 40.0 Å². The average Bonchev–Trinajstić information content (AvgIpc) is 3.00. The monoisotopic (exact) mass is 344 g/mol. The smallest absolute Gasteiger partial charge is 0.308 e. The zero-order valence-corrected chi connectivity index (χ0v) is 14.5. The highest BCUT2D eigenvalue weighted by atomic mass is 32.1. The first-order chi connectivity index (χ1) is 11.4. The molecule has 3 rings (SSSR count). The summed E-state index contributed by atoms with van der Waals surface area (Å²) in [5, 5.41) is 12.2. The number of carboxylic acid groups (broad SMARTS) is 1.